The molecule has 1 aromatic carbocycles. The first-order chi connectivity index (χ1) is 7.08. The molecule has 0 amide bonds. The van der Waals surface area contributed by atoms with Crippen LogP contribution in [0.1, 0.15) is 16.7 Å². The lowest BCUT2D eigenvalue weighted by Gasteiger charge is -2.09. The summed E-state index contributed by atoms with van der Waals surface area (Å²) in [5.74, 6) is 0. The highest BCUT2D eigenvalue weighted by molar-refractivity contribution is 5.70. The minimum atomic E-state index is 1.31. The number of hydrogen-bond acceptors (Lipinski definition) is 0. The molecule has 15 heavy (non-hydrogen) atoms. The van der Waals surface area contributed by atoms with E-state index >= 15 is 0 Å². The molecule has 0 bridgehead atoms. The molecule has 0 fully saturated rings. The zero-order chi connectivity index (χ0) is 11.0. The molecule has 0 aliphatic carbocycles. The molecule has 78 valence electrons. The second kappa shape index (κ2) is 3.58. The Bertz CT molecular complexity index is 469. The fourth-order valence-corrected chi connectivity index (χ4v) is 2.29. The third-order valence-corrected chi connectivity index (χ3v) is 2.80. The van der Waals surface area contributed by atoms with Crippen molar-refractivity contribution in [2.24, 2.45) is 7.05 Å². The molecule has 0 radical (unpaired) electrons. The number of benzene rings is 1. The minimum absolute atomic E-state index is 1.31. The molecule has 0 spiro atoms. The highest BCUT2D eigenvalue weighted by Crippen LogP contribution is 2.28. The number of aryl methyl sites for hydroxylation is 4. The van der Waals surface area contributed by atoms with Crippen molar-refractivity contribution >= 4 is 0 Å². The number of hydrogen-bond donors (Lipinski definition) is 0. The molecule has 2 rings (SSSR count). The Morgan fingerprint density at radius 1 is 1.00 bits per heavy atom. The molecule has 0 aliphatic heterocycles. The van der Waals surface area contributed by atoms with Gasteiger partial charge in [0.1, 0.15) is 0 Å². The van der Waals surface area contributed by atoms with Crippen LogP contribution in [0, 0.1) is 20.8 Å². The standard InChI is InChI=1S/C14H17N/c1-10-7-11(2)14(12(3)8-10)13-5-6-15(4)9-13/h5-9H,1-4H3. The van der Waals surface area contributed by atoms with E-state index in [2.05, 4.69) is 63.0 Å². The molecule has 0 saturated heterocycles. The topological polar surface area (TPSA) is 4.93 Å². The lowest BCUT2D eigenvalue weighted by Crippen LogP contribution is -1.89. The van der Waals surface area contributed by atoms with Gasteiger partial charge in [-0.05, 0) is 49.1 Å². The summed E-state index contributed by atoms with van der Waals surface area (Å²) in [6.45, 7) is 6.51. The monoisotopic (exact) mass is 199 g/mol. The van der Waals surface area contributed by atoms with Crippen molar-refractivity contribution < 1.29 is 0 Å². The Kier molecular flexibility index (Phi) is 2.39. The lowest BCUT2D eigenvalue weighted by molar-refractivity contribution is 0.928. The molecule has 2 aromatic rings. The number of aromatic nitrogens is 1. The Hall–Kier alpha value is -1.50. The average Bonchev–Trinajstić information content (AvgIpc) is 2.49. The van der Waals surface area contributed by atoms with Gasteiger partial charge in [-0.25, -0.2) is 0 Å². The summed E-state index contributed by atoms with van der Waals surface area (Å²) in [7, 11) is 2.06. The van der Waals surface area contributed by atoms with Gasteiger partial charge in [0.15, 0.2) is 0 Å². The van der Waals surface area contributed by atoms with Crippen molar-refractivity contribution in [1.29, 1.82) is 0 Å². The molecule has 0 aliphatic rings. The third kappa shape index (κ3) is 1.82. The summed E-state index contributed by atoms with van der Waals surface area (Å²) in [6.07, 6.45) is 4.26. The first-order valence-electron chi connectivity index (χ1n) is 5.28. The van der Waals surface area contributed by atoms with Crippen LogP contribution < -0.4 is 0 Å². The van der Waals surface area contributed by atoms with Gasteiger partial charge >= 0.3 is 0 Å². The summed E-state index contributed by atoms with van der Waals surface area (Å²) in [4.78, 5) is 0. The van der Waals surface area contributed by atoms with Crippen molar-refractivity contribution in [2.75, 3.05) is 0 Å². The van der Waals surface area contributed by atoms with E-state index in [0.717, 1.165) is 0 Å². The summed E-state index contributed by atoms with van der Waals surface area (Å²) < 4.78 is 2.09. The van der Waals surface area contributed by atoms with Crippen LogP contribution in [0.25, 0.3) is 11.1 Å². The molecular formula is C14H17N. The maximum Gasteiger partial charge on any atom is 0.0111 e. The van der Waals surface area contributed by atoms with Crippen LogP contribution in [0.15, 0.2) is 30.6 Å². The van der Waals surface area contributed by atoms with Gasteiger partial charge in [0, 0.05) is 19.4 Å². The number of nitrogens with zero attached hydrogens (tertiary/aromatic N) is 1. The molecule has 0 N–H and O–H groups in total. The van der Waals surface area contributed by atoms with Crippen LogP contribution in [-0.4, -0.2) is 4.57 Å². The predicted molar refractivity (Wildman–Crippen MR) is 65.1 cm³/mol. The van der Waals surface area contributed by atoms with E-state index in [-0.39, 0.29) is 0 Å². The molecule has 1 aromatic heterocycles. The Morgan fingerprint density at radius 3 is 2.07 bits per heavy atom. The SMILES string of the molecule is Cc1cc(C)c(-c2ccn(C)c2)c(C)c1. The Balaban J connectivity index is 2.62. The predicted octanol–water partition coefficient (Wildman–Crippen LogP) is 3.62. The zero-order valence-corrected chi connectivity index (χ0v) is 9.83. The maximum absolute atomic E-state index is 2.25. The van der Waals surface area contributed by atoms with E-state index < -0.39 is 0 Å². The fourth-order valence-electron chi connectivity index (χ4n) is 2.29. The van der Waals surface area contributed by atoms with Gasteiger partial charge in [-0.2, -0.15) is 0 Å². The quantitative estimate of drug-likeness (QED) is 0.661. The lowest BCUT2D eigenvalue weighted by atomic mass is 9.96. The Morgan fingerprint density at radius 2 is 1.60 bits per heavy atom. The van der Waals surface area contributed by atoms with Crippen LogP contribution >= 0.6 is 0 Å². The molecule has 1 nitrogen and oxygen atoms in total. The van der Waals surface area contributed by atoms with Gasteiger partial charge < -0.3 is 4.57 Å². The zero-order valence-electron chi connectivity index (χ0n) is 9.83. The maximum atomic E-state index is 2.25. The van der Waals surface area contributed by atoms with E-state index in [1.54, 1.807) is 0 Å². The smallest absolute Gasteiger partial charge is 0.0111 e. The Labute approximate surface area is 91.4 Å². The van der Waals surface area contributed by atoms with Gasteiger partial charge in [-0.15, -0.1) is 0 Å². The van der Waals surface area contributed by atoms with Crippen LogP contribution in [0.4, 0.5) is 0 Å². The summed E-state index contributed by atoms with van der Waals surface area (Å²) >= 11 is 0. The van der Waals surface area contributed by atoms with Gasteiger partial charge in [-0.3, -0.25) is 0 Å². The molecule has 0 atom stereocenters. The van der Waals surface area contributed by atoms with Crippen molar-refractivity contribution in [3.05, 3.63) is 47.3 Å². The van der Waals surface area contributed by atoms with Gasteiger partial charge in [-0.1, -0.05) is 17.7 Å². The van der Waals surface area contributed by atoms with E-state index in [0.29, 0.717) is 0 Å². The van der Waals surface area contributed by atoms with Gasteiger partial charge in [0.2, 0.25) is 0 Å². The minimum Gasteiger partial charge on any atom is -0.357 e. The first-order valence-corrected chi connectivity index (χ1v) is 5.28. The molecule has 0 unspecified atom stereocenters. The molecule has 1 heterocycles. The fraction of sp³-hybridized carbons (Fsp3) is 0.286. The second-order valence-electron chi connectivity index (χ2n) is 4.34. The van der Waals surface area contributed by atoms with Crippen LogP contribution in [0.5, 0.6) is 0 Å². The van der Waals surface area contributed by atoms with Crippen LogP contribution in [-0.2, 0) is 7.05 Å². The van der Waals surface area contributed by atoms with Gasteiger partial charge in [0.05, 0.1) is 0 Å². The van der Waals surface area contributed by atoms with Crippen molar-refractivity contribution in [3.63, 3.8) is 0 Å². The second-order valence-corrected chi connectivity index (χ2v) is 4.34. The van der Waals surface area contributed by atoms with E-state index in [1.165, 1.54) is 27.8 Å². The molecule has 0 saturated carbocycles. The van der Waals surface area contributed by atoms with E-state index in [9.17, 15) is 0 Å². The molecular weight excluding hydrogens is 182 g/mol. The normalized spacial score (nSPS) is 10.7. The highest BCUT2D eigenvalue weighted by Gasteiger charge is 2.06. The third-order valence-electron chi connectivity index (χ3n) is 2.80. The summed E-state index contributed by atoms with van der Waals surface area (Å²) in [6, 6.07) is 6.66. The van der Waals surface area contributed by atoms with Gasteiger partial charge in [0.25, 0.3) is 0 Å². The summed E-state index contributed by atoms with van der Waals surface area (Å²) in [5, 5.41) is 0. The van der Waals surface area contributed by atoms with Crippen molar-refractivity contribution in [2.45, 2.75) is 20.8 Å². The number of rotatable bonds is 1. The van der Waals surface area contributed by atoms with E-state index in [4.69, 9.17) is 0 Å². The first kappa shape index (κ1) is 10.0. The van der Waals surface area contributed by atoms with Crippen molar-refractivity contribution in [1.82, 2.24) is 4.57 Å². The van der Waals surface area contributed by atoms with Crippen LogP contribution in [0.3, 0.4) is 0 Å². The summed E-state index contributed by atoms with van der Waals surface area (Å²) in [5.41, 5.74) is 6.75. The van der Waals surface area contributed by atoms with E-state index in [1.807, 2.05) is 0 Å². The largest absolute Gasteiger partial charge is 0.357 e. The van der Waals surface area contributed by atoms with Crippen LogP contribution in [0.2, 0.25) is 0 Å². The van der Waals surface area contributed by atoms with Crippen molar-refractivity contribution in [3.8, 4) is 11.1 Å². The molecule has 1 heteroatoms. The highest BCUT2D eigenvalue weighted by atomic mass is 14.9. The average molecular weight is 199 g/mol.